The Morgan fingerprint density at radius 1 is 1.42 bits per heavy atom. The molecule has 0 aliphatic carbocycles. The summed E-state index contributed by atoms with van der Waals surface area (Å²) in [7, 11) is 4.07. The molecular formula is C14H27N3O2. The minimum atomic E-state index is 0.201. The molecule has 19 heavy (non-hydrogen) atoms. The van der Waals surface area contributed by atoms with Gasteiger partial charge in [0.15, 0.2) is 0 Å². The van der Waals surface area contributed by atoms with Crippen molar-refractivity contribution in [3.05, 3.63) is 0 Å². The molecule has 2 unspecified atom stereocenters. The van der Waals surface area contributed by atoms with Crippen LogP contribution in [0.3, 0.4) is 0 Å². The molecule has 2 heterocycles. The van der Waals surface area contributed by atoms with Gasteiger partial charge >= 0.3 is 0 Å². The number of rotatable bonds is 4. The first-order valence-corrected chi connectivity index (χ1v) is 7.41. The van der Waals surface area contributed by atoms with Gasteiger partial charge in [0.1, 0.15) is 0 Å². The first-order valence-electron chi connectivity index (χ1n) is 7.41. The van der Waals surface area contributed by atoms with Crippen molar-refractivity contribution in [3.8, 4) is 0 Å². The van der Waals surface area contributed by atoms with Gasteiger partial charge in [-0.05, 0) is 39.4 Å². The van der Waals surface area contributed by atoms with E-state index in [1.165, 1.54) is 19.4 Å². The second-order valence-electron chi connectivity index (χ2n) is 5.85. The molecule has 2 aliphatic heterocycles. The van der Waals surface area contributed by atoms with Crippen LogP contribution in [0.1, 0.15) is 19.3 Å². The van der Waals surface area contributed by atoms with Crippen LogP contribution in [0.15, 0.2) is 0 Å². The van der Waals surface area contributed by atoms with Crippen LogP contribution >= 0.6 is 0 Å². The molecule has 5 nitrogen and oxygen atoms in total. The topological polar surface area (TPSA) is 44.8 Å². The maximum Gasteiger partial charge on any atom is 0.223 e. The number of amides is 1. The molecule has 0 spiro atoms. The largest absolute Gasteiger partial charge is 0.377 e. The van der Waals surface area contributed by atoms with Crippen molar-refractivity contribution >= 4 is 5.91 Å². The van der Waals surface area contributed by atoms with Crippen LogP contribution in [0, 0.1) is 5.92 Å². The number of likely N-dealkylation sites (tertiary alicyclic amines) is 1. The number of hydrogen-bond donors (Lipinski definition) is 1. The smallest absolute Gasteiger partial charge is 0.223 e. The summed E-state index contributed by atoms with van der Waals surface area (Å²) >= 11 is 0. The standard InChI is InChI=1S/C14H27N3O2/c1-15-9-13-11-19-7-6-17(13)14(18)8-12-4-3-5-16(2)10-12/h12-13,15H,3-11H2,1-2H3. The molecular weight excluding hydrogens is 242 g/mol. The van der Waals surface area contributed by atoms with E-state index < -0.39 is 0 Å². The van der Waals surface area contributed by atoms with E-state index in [2.05, 4.69) is 17.3 Å². The molecule has 110 valence electrons. The van der Waals surface area contributed by atoms with Gasteiger partial charge in [-0.15, -0.1) is 0 Å². The molecule has 0 bridgehead atoms. The summed E-state index contributed by atoms with van der Waals surface area (Å²) in [6, 6.07) is 0.201. The van der Waals surface area contributed by atoms with Gasteiger partial charge in [-0.3, -0.25) is 4.79 Å². The second kappa shape index (κ2) is 7.22. The van der Waals surface area contributed by atoms with Crippen molar-refractivity contribution < 1.29 is 9.53 Å². The molecule has 5 heteroatoms. The van der Waals surface area contributed by atoms with Gasteiger partial charge in [-0.1, -0.05) is 0 Å². The lowest BCUT2D eigenvalue weighted by molar-refractivity contribution is -0.141. The third-order valence-corrected chi connectivity index (χ3v) is 4.17. The number of piperidine rings is 1. The molecule has 2 aliphatic rings. The predicted octanol–water partition coefficient (Wildman–Crippen LogP) is 0.165. The molecule has 2 saturated heterocycles. The average molecular weight is 269 g/mol. The monoisotopic (exact) mass is 269 g/mol. The summed E-state index contributed by atoms with van der Waals surface area (Å²) in [5.74, 6) is 0.841. The minimum absolute atomic E-state index is 0.201. The van der Waals surface area contributed by atoms with Crippen LogP contribution in [0.2, 0.25) is 0 Å². The molecule has 2 fully saturated rings. The van der Waals surface area contributed by atoms with Crippen LogP contribution in [0.4, 0.5) is 0 Å². The molecule has 0 aromatic heterocycles. The third-order valence-electron chi connectivity index (χ3n) is 4.17. The number of carbonyl (C=O) groups is 1. The Bertz CT molecular complexity index is 296. The van der Waals surface area contributed by atoms with Gasteiger partial charge in [0.05, 0.1) is 19.3 Å². The highest BCUT2D eigenvalue weighted by atomic mass is 16.5. The lowest BCUT2D eigenvalue weighted by atomic mass is 9.94. The highest BCUT2D eigenvalue weighted by molar-refractivity contribution is 5.77. The Balaban J connectivity index is 1.86. The summed E-state index contributed by atoms with van der Waals surface area (Å²) in [6.07, 6.45) is 3.11. The van der Waals surface area contributed by atoms with E-state index in [-0.39, 0.29) is 6.04 Å². The van der Waals surface area contributed by atoms with Crippen molar-refractivity contribution in [3.63, 3.8) is 0 Å². The van der Waals surface area contributed by atoms with E-state index >= 15 is 0 Å². The Kier molecular flexibility index (Phi) is 5.60. The Hall–Kier alpha value is -0.650. The van der Waals surface area contributed by atoms with Crippen LogP contribution in [0.25, 0.3) is 0 Å². The van der Waals surface area contributed by atoms with Gasteiger partial charge in [0.2, 0.25) is 5.91 Å². The molecule has 1 N–H and O–H groups in total. The van der Waals surface area contributed by atoms with Crippen molar-refractivity contribution in [2.45, 2.75) is 25.3 Å². The Morgan fingerprint density at radius 3 is 3.00 bits per heavy atom. The molecule has 0 radical (unpaired) electrons. The van der Waals surface area contributed by atoms with Crippen molar-refractivity contribution in [1.29, 1.82) is 0 Å². The van der Waals surface area contributed by atoms with E-state index in [4.69, 9.17) is 4.74 Å². The lowest BCUT2D eigenvalue weighted by Crippen LogP contribution is -2.53. The fourth-order valence-electron chi connectivity index (χ4n) is 3.19. The van der Waals surface area contributed by atoms with Crippen LogP contribution in [-0.2, 0) is 9.53 Å². The number of nitrogens with one attached hydrogen (secondary N) is 1. The predicted molar refractivity (Wildman–Crippen MR) is 75.1 cm³/mol. The van der Waals surface area contributed by atoms with E-state index in [0.717, 1.165) is 19.6 Å². The van der Waals surface area contributed by atoms with Gasteiger partial charge in [-0.25, -0.2) is 0 Å². The number of carbonyl (C=O) groups excluding carboxylic acids is 1. The van der Waals surface area contributed by atoms with Gasteiger partial charge in [0, 0.05) is 26.1 Å². The van der Waals surface area contributed by atoms with Crippen LogP contribution in [-0.4, -0.2) is 75.2 Å². The molecule has 0 aromatic rings. The zero-order chi connectivity index (χ0) is 13.7. The summed E-state index contributed by atoms with van der Waals surface area (Å²) in [6.45, 7) is 5.13. The first kappa shape index (κ1) is 14.8. The number of hydrogen-bond acceptors (Lipinski definition) is 4. The summed E-state index contributed by atoms with van der Waals surface area (Å²) in [4.78, 5) is 16.8. The molecule has 1 amide bonds. The van der Waals surface area contributed by atoms with E-state index in [1.54, 1.807) is 0 Å². The number of morpholine rings is 1. The number of nitrogens with zero attached hydrogens (tertiary/aromatic N) is 2. The number of ether oxygens (including phenoxy) is 1. The van der Waals surface area contributed by atoms with Crippen molar-refractivity contribution in [2.24, 2.45) is 5.92 Å². The molecule has 2 rings (SSSR count). The normalized spacial score (nSPS) is 29.5. The summed E-state index contributed by atoms with van der Waals surface area (Å²) < 4.78 is 5.48. The van der Waals surface area contributed by atoms with E-state index in [9.17, 15) is 4.79 Å². The zero-order valence-corrected chi connectivity index (χ0v) is 12.2. The lowest BCUT2D eigenvalue weighted by Gasteiger charge is -2.37. The molecule has 0 saturated carbocycles. The number of likely N-dealkylation sites (N-methyl/N-ethyl adjacent to an activating group) is 1. The first-order chi connectivity index (χ1) is 9.20. The summed E-state index contributed by atoms with van der Waals surface area (Å²) in [5, 5.41) is 3.15. The highest BCUT2D eigenvalue weighted by Gasteiger charge is 2.29. The highest BCUT2D eigenvalue weighted by Crippen LogP contribution is 2.20. The van der Waals surface area contributed by atoms with Crippen molar-refractivity contribution in [1.82, 2.24) is 15.1 Å². The maximum atomic E-state index is 12.5. The van der Waals surface area contributed by atoms with E-state index in [1.807, 2.05) is 11.9 Å². The fraction of sp³-hybridized carbons (Fsp3) is 0.929. The Labute approximate surface area is 116 Å². The summed E-state index contributed by atoms with van der Waals surface area (Å²) in [5.41, 5.74) is 0. The van der Waals surface area contributed by atoms with Gasteiger partial charge in [0.25, 0.3) is 0 Å². The molecule has 2 atom stereocenters. The quantitative estimate of drug-likeness (QED) is 0.790. The zero-order valence-electron chi connectivity index (χ0n) is 12.2. The van der Waals surface area contributed by atoms with Crippen LogP contribution in [0.5, 0.6) is 0 Å². The Morgan fingerprint density at radius 2 is 2.26 bits per heavy atom. The van der Waals surface area contributed by atoms with Crippen LogP contribution < -0.4 is 5.32 Å². The maximum absolute atomic E-state index is 12.5. The van der Waals surface area contributed by atoms with Gasteiger partial charge < -0.3 is 19.9 Å². The average Bonchev–Trinajstić information content (AvgIpc) is 2.39. The third kappa shape index (κ3) is 4.16. The fourth-order valence-corrected chi connectivity index (χ4v) is 3.19. The molecule has 0 aromatic carbocycles. The van der Waals surface area contributed by atoms with Crippen molar-refractivity contribution in [2.75, 3.05) is 53.5 Å². The van der Waals surface area contributed by atoms with Gasteiger partial charge in [-0.2, -0.15) is 0 Å². The SMILES string of the molecule is CNCC1COCCN1C(=O)CC1CCCN(C)C1. The van der Waals surface area contributed by atoms with E-state index in [0.29, 0.717) is 31.5 Å². The minimum Gasteiger partial charge on any atom is -0.377 e. The second-order valence-corrected chi connectivity index (χ2v) is 5.85.